The second kappa shape index (κ2) is 6.05. The van der Waals surface area contributed by atoms with Crippen LogP contribution in [0.5, 0.6) is 0 Å². The van der Waals surface area contributed by atoms with E-state index >= 15 is 0 Å². The monoisotopic (exact) mass is 368 g/mol. The lowest BCUT2D eigenvalue weighted by atomic mass is 10.2. The fourth-order valence-electron chi connectivity index (χ4n) is 1.05. The van der Waals surface area contributed by atoms with Gasteiger partial charge in [-0.15, -0.1) is 0 Å². The molecule has 0 radical (unpaired) electrons. The topological polar surface area (TPSA) is 38.0 Å². The molecule has 0 aliphatic carbocycles. The Bertz CT molecular complexity index is 304. The van der Waals surface area contributed by atoms with Gasteiger partial charge < -0.3 is 11.1 Å². The van der Waals surface area contributed by atoms with Crippen molar-refractivity contribution in [2.45, 2.75) is 19.5 Å². The van der Waals surface area contributed by atoms with Crippen LogP contribution in [0.15, 0.2) is 22.7 Å². The Kier molecular flexibility index (Phi) is 5.36. The highest BCUT2D eigenvalue weighted by Crippen LogP contribution is 2.18. The van der Waals surface area contributed by atoms with Gasteiger partial charge in [-0.25, -0.2) is 0 Å². The molecule has 0 aromatic heterocycles. The molecule has 1 rings (SSSR count). The van der Waals surface area contributed by atoms with Gasteiger partial charge in [0.05, 0.1) is 0 Å². The lowest BCUT2D eigenvalue weighted by Crippen LogP contribution is -2.32. The lowest BCUT2D eigenvalue weighted by Gasteiger charge is -2.12. The van der Waals surface area contributed by atoms with Gasteiger partial charge >= 0.3 is 0 Å². The van der Waals surface area contributed by atoms with Crippen LogP contribution in [0.1, 0.15) is 12.5 Å². The maximum absolute atomic E-state index is 5.53. The molecule has 0 saturated carbocycles. The third-order valence-electron chi connectivity index (χ3n) is 2.00. The summed E-state index contributed by atoms with van der Waals surface area (Å²) in [6.45, 7) is 3.63. The number of rotatable bonds is 4. The smallest absolute Gasteiger partial charge is 0.0219 e. The molecule has 1 aromatic rings. The zero-order valence-corrected chi connectivity index (χ0v) is 11.8. The molecule has 78 valence electrons. The summed E-state index contributed by atoms with van der Waals surface area (Å²) in [6.07, 6.45) is 0. The van der Waals surface area contributed by atoms with E-state index in [4.69, 9.17) is 5.73 Å². The number of hydrogen-bond donors (Lipinski definition) is 2. The first-order chi connectivity index (χ1) is 6.63. The molecule has 1 atom stereocenters. The van der Waals surface area contributed by atoms with Crippen LogP contribution in [0, 0.1) is 3.57 Å². The van der Waals surface area contributed by atoms with Crippen molar-refractivity contribution >= 4 is 38.5 Å². The molecule has 0 bridgehead atoms. The highest BCUT2D eigenvalue weighted by Gasteiger charge is 2.02. The predicted molar refractivity (Wildman–Crippen MR) is 72.2 cm³/mol. The molecule has 0 spiro atoms. The number of nitrogens with one attached hydrogen (secondary N) is 1. The zero-order valence-electron chi connectivity index (χ0n) is 8.06. The Morgan fingerprint density at radius 3 is 2.93 bits per heavy atom. The van der Waals surface area contributed by atoms with E-state index < -0.39 is 0 Å². The normalized spacial score (nSPS) is 12.9. The van der Waals surface area contributed by atoms with Crippen LogP contribution in [0.4, 0.5) is 0 Å². The van der Waals surface area contributed by atoms with Crippen molar-refractivity contribution in [3.8, 4) is 0 Å². The molecule has 0 amide bonds. The van der Waals surface area contributed by atoms with Crippen LogP contribution in [0.2, 0.25) is 0 Å². The average Bonchev–Trinajstić information content (AvgIpc) is 2.19. The lowest BCUT2D eigenvalue weighted by molar-refractivity contribution is 0.555. The van der Waals surface area contributed by atoms with E-state index in [1.807, 2.05) is 0 Å². The molecular formula is C10H14BrIN2. The summed E-state index contributed by atoms with van der Waals surface area (Å²) >= 11 is 5.81. The average molecular weight is 369 g/mol. The third kappa shape index (κ3) is 3.84. The molecule has 0 saturated heterocycles. The van der Waals surface area contributed by atoms with E-state index in [1.165, 1.54) is 9.13 Å². The van der Waals surface area contributed by atoms with Gasteiger partial charge in [0.2, 0.25) is 0 Å². The molecule has 0 aliphatic rings. The predicted octanol–water partition coefficient (Wildman–Crippen LogP) is 2.49. The van der Waals surface area contributed by atoms with Gasteiger partial charge in [0.25, 0.3) is 0 Å². The maximum atomic E-state index is 5.53. The van der Waals surface area contributed by atoms with Gasteiger partial charge in [-0.05, 0) is 53.3 Å². The van der Waals surface area contributed by atoms with Crippen LogP contribution in [0.25, 0.3) is 0 Å². The van der Waals surface area contributed by atoms with Crippen LogP contribution >= 0.6 is 38.5 Å². The van der Waals surface area contributed by atoms with Gasteiger partial charge in [0.1, 0.15) is 0 Å². The molecule has 4 heteroatoms. The van der Waals surface area contributed by atoms with Crippen molar-refractivity contribution < 1.29 is 0 Å². The van der Waals surface area contributed by atoms with E-state index in [9.17, 15) is 0 Å². The molecule has 1 aromatic carbocycles. The van der Waals surface area contributed by atoms with E-state index in [-0.39, 0.29) is 0 Å². The molecule has 2 nitrogen and oxygen atoms in total. The van der Waals surface area contributed by atoms with Crippen LogP contribution < -0.4 is 11.1 Å². The zero-order chi connectivity index (χ0) is 10.6. The van der Waals surface area contributed by atoms with E-state index in [0.29, 0.717) is 12.6 Å². The Hall–Kier alpha value is 0.350. The second-order valence-corrected chi connectivity index (χ2v) is 5.33. The summed E-state index contributed by atoms with van der Waals surface area (Å²) in [5.74, 6) is 0. The highest BCUT2D eigenvalue weighted by atomic mass is 127. The summed E-state index contributed by atoms with van der Waals surface area (Å²) in [5, 5.41) is 3.37. The number of benzene rings is 1. The van der Waals surface area contributed by atoms with E-state index in [1.54, 1.807) is 0 Å². The van der Waals surface area contributed by atoms with Crippen LogP contribution in [-0.4, -0.2) is 12.6 Å². The van der Waals surface area contributed by atoms with Gasteiger partial charge in [0.15, 0.2) is 0 Å². The first-order valence-electron chi connectivity index (χ1n) is 4.51. The Balaban J connectivity index is 2.62. The Morgan fingerprint density at radius 1 is 1.57 bits per heavy atom. The minimum absolute atomic E-state index is 0.366. The fourth-order valence-corrected chi connectivity index (χ4v) is 1.98. The third-order valence-corrected chi connectivity index (χ3v) is 3.55. The van der Waals surface area contributed by atoms with Crippen molar-refractivity contribution in [1.29, 1.82) is 0 Å². The van der Waals surface area contributed by atoms with Crippen molar-refractivity contribution in [2.24, 2.45) is 5.73 Å². The molecule has 0 unspecified atom stereocenters. The summed E-state index contributed by atoms with van der Waals surface area (Å²) in [4.78, 5) is 0. The first-order valence-corrected chi connectivity index (χ1v) is 6.38. The van der Waals surface area contributed by atoms with E-state index in [2.05, 4.69) is 69.0 Å². The molecule has 0 fully saturated rings. The van der Waals surface area contributed by atoms with E-state index in [0.717, 1.165) is 11.0 Å². The van der Waals surface area contributed by atoms with Crippen LogP contribution in [-0.2, 0) is 6.54 Å². The first kappa shape index (κ1) is 12.4. The Labute approximate surface area is 107 Å². The van der Waals surface area contributed by atoms with Crippen molar-refractivity contribution in [2.75, 3.05) is 6.54 Å². The summed E-state index contributed by atoms with van der Waals surface area (Å²) < 4.78 is 2.40. The number of halogens is 2. The standard InChI is InChI=1S/C10H14BrIN2/c1-7(5-13)14-6-8-4-9(11)2-3-10(8)12/h2-4,7,14H,5-6,13H2,1H3/t7-/m1/s1. The van der Waals surface area contributed by atoms with Gasteiger partial charge in [0, 0.05) is 27.2 Å². The number of nitrogens with two attached hydrogens (primary N) is 1. The molecule has 0 heterocycles. The van der Waals surface area contributed by atoms with Gasteiger partial charge in [-0.1, -0.05) is 15.9 Å². The van der Waals surface area contributed by atoms with Crippen molar-refractivity contribution in [3.05, 3.63) is 31.8 Å². The van der Waals surface area contributed by atoms with Crippen molar-refractivity contribution in [1.82, 2.24) is 5.32 Å². The minimum Gasteiger partial charge on any atom is -0.329 e. The molecule has 0 aliphatic heterocycles. The maximum Gasteiger partial charge on any atom is 0.0219 e. The Morgan fingerprint density at radius 2 is 2.29 bits per heavy atom. The van der Waals surface area contributed by atoms with Gasteiger partial charge in [-0.3, -0.25) is 0 Å². The highest BCUT2D eigenvalue weighted by molar-refractivity contribution is 14.1. The second-order valence-electron chi connectivity index (χ2n) is 3.25. The SMILES string of the molecule is C[C@H](CN)NCc1cc(Br)ccc1I. The number of hydrogen-bond acceptors (Lipinski definition) is 2. The summed E-state index contributed by atoms with van der Waals surface area (Å²) in [7, 11) is 0. The largest absolute Gasteiger partial charge is 0.329 e. The van der Waals surface area contributed by atoms with Gasteiger partial charge in [-0.2, -0.15) is 0 Å². The summed E-state index contributed by atoms with van der Waals surface area (Å²) in [5.41, 5.74) is 6.84. The minimum atomic E-state index is 0.366. The van der Waals surface area contributed by atoms with Crippen molar-refractivity contribution in [3.63, 3.8) is 0 Å². The molecule has 14 heavy (non-hydrogen) atoms. The molecular weight excluding hydrogens is 355 g/mol. The summed E-state index contributed by atoms with van der Waals surface area (Å²) in [6, 6.07) is 6.66. The quantitative estimate of drug-likeness (QED) is 0.801. The fraction of sp³-hybridized carbons (Fsp3) is 0.400. The molecule has 3 N–H and O–H groups in total. The van der Waals surface area contributed by atoms with Crippen LogP contribution in [0.3, 0.4) is 0 Å².